The molecule has 1 aromatic carbocycles. The fourth-order valence-corrected chi connectivity index (χ4v) is 3.31. The Bertz CT molecular complexity index is 1030. The summed E-state index contributed by atoms with van der Waals surface area (Å²) in [6.45, 7) is 0.608. The van der Waals surface area contributed by atoms with Crippen molar-refractivity contribution in [1.82, 2.24) is 14.8 Å². The van der Waals surface area contributed by atoms with Gasteiger partial charge in [-0.3, -0.25) is 0 Å². The van der Waals surface area contributed by atoms with Gasteiger partial charge < -0.3 is 10.5 Å². The van der Waals surface area contributed by atoms with Gasteiger partial charge in [0.05, 0.1) is 17.5 Å². The van der Waals surface area contributed by atoms with Crippen molar-refractivity contribution in [3.8, 4) is 17.3 Å². The molecule has 0 saturated carbocycles. The van der Waals surface area contributed by atoms with Crippen LogP contribution in [0.3, 0.4) is 0 Å². The van der Waals surface area contributed by atoms with Gasteiger partial charge >= 0.3 is 0 Å². The van der Waals surface area contributed by atoms with E-state index in [0.717, 1.165) is 19.3 Å². The number of rotatable bonds is 3. The van der Waals surface area contributed by atoms with Gasteiger partial charge in [-0.05, 0) is 37.5 Å². The summed E-state index contributed by atoms with van der Waals surface area (Å²) in [5, 5.41) is 13.8. The summed E-state index contributed by atoms with van der Waals surface area (Å²) in [6.07, 6.45) is 1.13. The number of ether oxygens (including phenoxy) is 1. The summed E-state index contributed by atoms with van der Waals surface area (Å²) >= 11 is 0. The largest absolute Gasteiger partial charge is 0.398 e. The quantitative estimate of drug-likeness (QED) is 0.699. The lowest BCUT2D eigenvalue weighted by Gasteiger charge is -2.23. The lowest BCUT2D eigenvalue weighted by Crippen LogP contribution is -2.19. The summed E-state index contributed by atoms with van der Waals surface area (Å²) < 4.78 is 34.7. The maximum Gasteiger partial charge on any atom is 0.264 e. The van der Waals surface area contributed by atoms with Gasteiger partial charge in [-0.1, -0.05) is 6.07 Å². The summed E-state index contributed by atoms with van der Waals surface area (Å²) in [7, 11) is 0. The van der Waals surface area contributed by atoms with Crippen molar-refractivity contribution in [1.29, 1.82) is 5.26 Å². The highest BCUT2D eigenvalue weighted by atomic mass is 19.3. The fraction of sp³-hybridized carbons (Fsp3) is 0.316. The molecule has 1 aliphatic rings. The van der Waals surface area contributed by atoms with Crippen LogP contribution in [0.4, 0.5) is 14.5 Å². The fourth-order valence-electron chi connectivity index (χ4n) is 3.31. The van der Waals surface area contributed by atoms with Crippen molar-refractivity contribution >= 4 is 16.7 Å². The van der Waals surface area contributed by atoms with Crippen LogP contribution in [0, 0.1) is 11.3 Å². The Kier molecular flexibility index (Phi) is 4.46. The zero-order valence-electron chi connectivity index (χ0n) is 14.4. The standard InChI is InChI=1S/C19H17F2N5O/c20-18(21)13-8-16(11-4-5-15(23)12(7-11)9-22)25-19-14(13)10-24-26(19)17-3-1-2-6-27-17/h4-5,7-8,10,17-18H,1-3,6,23H2. The van der Waals surface area contributed by atoms with Gasteiger partial charge in [0, 0.05) is 28.8 Å². The molecule has 0 bridgehead atoms. The first-order chi connectivity index (χ1) is 13.1. The Morgan fingerprint density at radius 2 is 2.15 bits per heavy atom. The van der Waals surface area contributed by atoms with E-state index in [9.17, 15) is 14.0 Å². The van der Waals surface area contributed by atoms with Crippen LogP contribution >= 0.6 is 0 Å². The maximum atomic E-state index is 13.7. The Balaban J connectivity index is 1.90. The van der Waals surface area contributed by atoms with Crippen LogP contribution in [-0.4, -0.2) is 21.4 Å². The lowest BCUT2D eigenvalue weighted by atomic mass is 10.0. The molecule has 138 valence electrons. The van der Waals surface area contributed by atoms with Gasteiger partial charge in [-0.25, -0.2) is 18.4 Å². The molecule has 2 N–H and O–H groups in total. The SMILES string of the molecule is N#Cc1cc(-c2cc(C(F)F)c3cnn(C4CCCCO4)c3n2)ccc1N. The van der Waals surface area contributed by atoms with E-state index in [1.54, 1.807) is 22.9 Å². The minimum Gasteiger partial charge on any atom is -0.398 e. The predicted octanol–water partition coefficient (Wildman–Crippen LogP) is 4.19. The molecule has 0 aliphatic carbocycles. The molecule has 27 heavy (non-hydrogen) atoms. The van der Waals surface area contributed by atoms with Crippen LogP contribution in [0.1, 0.15) is 43.0 Å². The monoisotopic (exact) mass is 369 g/mol. The number of halogens is 2. The molecule has 1 saturated heterocycles. The maximum absolute atomic E-state index is 13.7. The van der Waals surface area contributed by atoms with E-state index in [2.05, 4.69) is 10.1 Å². The number of hydrogen-bond acceptors (Lipinski definition) is 5. The first-order valence-corrected chi connectivity index (χ1v) is 8.66. The van der Waals surface area contributed by atoms with E-state index in [1.807, 2.05) is 6.07 Å². The molecule has 6 nitrogen and oxygen atoms in total. The number of alkyl halides is 2. The number of nitriles is 1. The molecule has 1 unspecified atom stereocenters. The zero-order valence-corrected chi connectivity index (χ0v) is 14.4. The molecule has 3 aromatic rings. The molecule has 4 rings (SSSR count). The summed E-state index contributed by atoms with van der Waals surface area (Å²) in [5.74, 6) is 0. The molecular weight excluding hydrogens is 352 g/mol. The van der Waals surface area contributed by atoms with Gasteiger partial charge in [0.15, 0.2) is 11.9 Å². The van der Waals surface area contributed by atoms with E-state index in [0.29, 0.717) is 34.6 Å². The van der Waals surface area contributed by atoms with Gasteiger partial charge in [-0.2, -0.15) is 10.4 Å². The number of nitrogen functional groups attached to an aromatic ring is 1. The van der Waals surface area contributed by atoms with Crippen LogP contribution < -0.4 is 5.73 Å². The third kappa shape index (κ3) is 3.11. The van der Waals surface area contributed by atoms with Crippen molar-refractivity contribution in [3.05, 3.63) is 41.6 Å². The van der Waals surface area contributed by atoms with E-state index in [1.165, 1.54) is 12.3 Å². The van der Waals surface area contributed by atoms with Crippen LogP contribution in [-0.2, 0) is 4.74 Å². The third-order valence-electron chi connectivity index (χ3n) is 4.73. The van der Waals surface area contributed by atoms with Crippen molar-refractivity contribution in [3.63, 3.8) is 0 Å². The summed E-state index contributed by atoms with van der Waals surface area (Å²) in [4.78, 5) is 4.57. The zero-order chi connectivity index (χ0) is 19.0. The van der Waals surface area contributed by atoms with Crippen molar-refractivity contribution < 1.29 is 13.5 Å². The molecule has 1 atom stereocenters. The number of hydrogen-bond donors (Lipinski definition) is 1. The van der Waals surface area contributed by atoms with E-state index in [4.69, 9.17) is 10.5 Å². The Morgan fingerprint density at radius 3 is 2.85 bits per heavy atom. The highest BCUT2D eigenvalue weighted by Gasteiger charge is 2.23. The second kappa shape index (κ2) is 6.93. The number of pyridine rings is 1. The third-order valence-corrected chi connectivity index (χ3v) is 4.73. The second-order valence-corrected chi connectivity index (χ2v) is 6.46. The van der Waals surface area contributed by atoms with Crippen molar-refractivity contribution in [2.45, 2.75) is 31.9 Å². The number of benzene rings is 1. The lowest BCUT2D eigenvalue weighted by molar-refractivity contribution is -0.0370. The van der Waals surface area contributed by atoms with Gasteiger partial charge in [-0.15, -0.1) is 0 Å². The van der Waals surface area contributed by atoms with E-state index < -0.39 is 6.43 Å². The average Bonchev–Trinajstić information content (AvgIpc) is 3.12. The molecule has 0 radical (unpaired) electrons. The van der Waals surface area contributed by atoms with E-state index >= 15 is 0 Å². The smallest absolute Gasteiger partial charge is 0.264 e. The van der Waals surface area contributed by atoms with Crippen molar-refractivity contribution in [2.24, 2.45) is 0 Å². The first kappa shape index (κ1) is 17.4. The number of aromatic nitrogens is 3. The number of nitrogens with two attached hydrogens (primary N) is 1. The predicted molar refractivity (Wildman–Crippen MR) is 95.9 cm³/mol. The molecule has 1 fully saturated rings. The Morgan fingerprint density at radius 1 is 1.30 bits per heavy atom. The van der Waals surface area contributed by atoms with Crippen LogP contribution in [0.5, 0.6) is 0 Å². The summed E-state index contributed by atoms with van der Waals surface area (Å²) in [6, 6.07) is 8.13. The molecule has 1 aliphatic heterocycles. The molecule has 0 spiro atoms. The minimum absolute atomic E-state index is 0.146. The highest BCUT2D eigenvalue weighted by Crippen LogP contribution is 2.34. The van der Waals surface area contributed by atoms with E-state index in [-0.39, 0.29) is 17.4 Å². The van der Waals surface area contributed by atoms with Gasteiger partial charge in [0.1, 0.15) is 6.07 Å². The number of nitrogens with zero attached hydrogens (tertiary/aromatic N) is 4. The Labute approximate surface area is 154 Å². The van der Waals surface area contributed by atoms with Gasteiger partial charge in [0.2, 0.25) is 0 Å². The van der Waals surface area contributed by atoms with Crippen LogP contribution in [0.2, 0.25) is 0 Å². The second-order valence-electron chi connectivity index (χ2n) is 6.46. The topological polar surface area (TPSA) is 89.8 Å². The highest BCUT2D eigenvalue weighted by molar-refractivity contribution is 5.83. The normalized spacial score (nSPS) is 17.3. The molecule has 0 amide bonds. The number of anilines is 1. The average molecular weight is 369 g/mol. The molecular formula is C19H17F2N5O. The Hall–Kier alpha value is -3.05. The van der Waals surface area contributed by atoms with Crippen molar-refractivity contribution in [2.75, 3.05) is 12.3 Å². The molecule has 8 heteroatoms. The van der Waals surface area contributed by atoms with Crippen LogP contribution in [0.25, 0.3) is 22.3 Å². The minimum atomic E-state index is -2.68. The number of fused-ring (bicyclic) bond motifs is 1. The van der Waals surface area contributed by atoms with Gasteiger partial charge in [0.25, 0.3) is 6.43 Å². The summed E-state index contributed by atoms with van der Waals surface area (Å²) in [5.41, 5.74) is 7.45. The molecule has 3 heterocycles. The molecule has 2 aromatic heterocycles. The first-order valence-electron chi connectivity index (χ1n) is 8.66. The van der Waals surface area contributed by atoms with Crippen LogP contribution in [0.15, 0.2) is 30.5 Å².